The van der Waals surface area contributed by atoms with Gasteiger partial charge in [-0.3, -0.25) is 0 Å². The highest BCUT2D eigenvalue weighted by molar-refractivity contribution is 9.12. The minimum Gasteiger partial charge on any atom is -0.309 e. The Labute approximate surface area is 124 Å². The van der Waals surface area contributed by atoms with Crippen LogP contribution in [0.1, 0.15) is 17.2 Å². The maximum atomic E-state index is 13.8. The van der Waals surface area contributed by atoms with Crippen LogP contribution >= 0.6 is 43.2 Å². The number of halogens is 4. The second-order valence-electron chi connectivity index (χ2n) is 3.67. The summed E-state index contributed by atoms with van der Waals surface area (Å²) in [6.45, 7) is 0. The molecule has 96 valence electrons. The maximum Gasteiger partial charge on any atom is 0.128 e. The molecule has 1 unspecified atom stereocenters. The molecule has 0 saturated heterocycles. The summed E-state index contributed by atoms with van der Waals surface area (Å²) in [5.41, 5.74) is 1.17. The second-order valence-corrected chi connectivity index (χ2v) is 7.42. The predicted molar refractivity (Wildman–Crippen MR) is 77.0 cm³/mol. The van der Waals surface area contributed by atoms with Gasteiger partial charge >= 0.3 is 0 Å². The Bertz CT molecular complexity index is 571. The molecule has 0 aliphatic rings. The summed E-state index contributed by atoms with van der Waals surface area (Å²) >= 11 is 8.30. The van der Waals surface area contributed by atoms with Crippen molar-refractivity contribution in [1.29, 1.82) is 0 Å². The standard InChI is InChI=1S/C12H9Br2F2NS/c1-17-11(8-5-10(13)18-12(8)14)7-4-6(15)2-3-9(7)16/h2-5,11,17H,1H3. The lowest BCUT2D eigenvalue weighted by Crippen LogP contribution is -2.19. The first-order chi connectivity index (χ1) is 8.52. The Morgan fingerprint density at radius 1 is 1.17 bits per heavy atom. The van der Waals surface area contributed by atoms with Gasteiger partial charge in [-0.15, -0.1) is 11.3 Å². The van der Waals surface area contributed by atoms with E-state index < -0.39 is 17.7 Å². The average Bonchev–Trinajstić information content (AvgIpc) is 2.64. The van der Waals surface area contributed by atoms with Crippen LogP contribution in [0.15, 0.2) is 31.8 Å². The molecular weight excluding hydrogens is 388 g/mol. The molecule has 1 aromatic heterocycles. The number of benzene rings is 1. The number of hydrogen-bond acceptors (Lipinski definition) is 2. The van der Waals surface area contributed by atoms with Crippen molar-refractivity contribution < 1.29 is 8.78 Å². The molecule has 0 amide bonds. The van der Waals surface area contributed by atoms with Crippen LogP contribution in [0, 0.1) is 11.6 Å². The quantitative estimate of drug-likeness (QED) is 0.781. The number of hydrogen-bond donors (Lipinski definition) is 1. The van der Waals surface area contributed by atoms with Crippen molar-refractivity contribution in [2.24, 2.45) is 0 Å². The lowest BCUT2D eigenvalue weighted by Gasteiger charge is -2.17. The van der Waals surface area contributed by atoms with E-state index in [1.54, 1.807) is 7.05 Å². The van der Waals surface area contributed by atoms with Crippen LogP contribution in [0.4, 0.5) is 8.78 Å². The van der Waals surface area contributed by atoms with Crippen LogP contribution in [0.2, 0.25) is 0 Å². The van der Waals surface area contributed by atoms with Gasteiger partial charge in [0.05, 0.1) is 13.6 Å². The van der Waals surface area contributed by atoms with Crippen LogP contribution in [-0.2, 0) is 0 Å². The average molecular weight is 397 g/mol. The summed E-state index contributed by atoms with van der Waals surface area (Å²) in [6.07, 6.45) is 0. The van der Waals surface area contributed by atoms with E-state index in [-0.39, 0.29) is 0 Å². The molecule has 6 heteroatoms. The molecule has 1 N–H and O–H groups in total. The molecule has 1 nitrogen and oxygen atoms in total. The minimum atomic E-state index is -0.447. The monoisotopic (exact) mass is 395 g/mol. The van der Waals surface area contributed by atoms with Gasteiger partial charge in [0.15, 0.2) is 0 Å². The Morgan fingerprint density at radius 3 is 2.44 bits per heavy atom. The van der Waals surface area contributed by atoms with Crippen molar-refractivity contribution >= 4 is 43.2 Å². The first-order valence-corrected chi connectivity index (χ1v) is 7.50. The first kappa shape index (κ1) is 14.1. The fourth-order valence-corrected chi connectivity index (χ4v) is 4.67. The molecule has 0 fully saturated rings. The van der Waals surface area contributed by atoms with Gasteiger partial charge in [-0.05, 0) is 68.7 Å². The zero-order valence-corrected chi connectivity index (χ0v) is 13.3. The van der Waals surface area contributed by atoms with E-state index in [1.807, 2.05) is 6.07 Å². The Hall–Kier alpha value is -0.300. The van der Waals surface area contributed by atoms with E-state index >= 15 is 0 Å². The zero-order valence-electron chi connectivity index (χ0n) is 9.31. The van der Waals surface area contributed by atoms with Gasteiger partial charge in [0, 0.05) is 5.56 Å². The van der Waals surface area contributed by atoms with Crippen molar-refractivity contribution in [1.82, 2.24) is 5.32 Å². The van der Waals surface area contributed by atoms with Crippen LogP contribution in [0.5, 0.6) is 0 Å². The molecule has 2 rings (SSSR count). The van der Waals surface area contributed by atoms with Gasteiger partial charge < -0.3 is 5.32 Å². The molecule has 0 spiro atoms. The smallest absolute Gasteiger partial charge is 0.128 e. The minimum absolute atomic E-state index is 0.295. The third-order valence-electron chi connectivity index (χ3n) is 2.55. The summed E-state index contributed by atoms with van der Waals surface area (Å²) in [4.78, 5) is 0. The number of thiophene rings is 1. The highest BCUT2D eigenvalue weighted by atomic mass is 79.9. The van der Waals surface area contributed by atoms with E-state index in [0.717, 1.165) is 25.3 Å². The molecule has 1 heterocycles. The van der Waals surface area contributed by atoms with E-state index in [0.29, 0.717) is 5.56 Å². The predicted octanol–water partition coefficient (Wildman–Crippen LogP) is 4.86. The second kappa shape index (κ2) is 5.77. The normalized spacial score (nSPS) is 12.7. The highest BCUT2D eigenvalue weighted by Gasteiger charge is 2.21. The summed E-state index contributed by atoms with van der Waals surface area (Å²) in [7, 11) is 1.72. The van der Waals surface area contributed by atoms with E-state index in [4.69, 9.17) is 0 Å². The lowest BCUT2D eigenvalue weighted by atomic mass is 10.0. The van der Waals surface area contributed by atoms with Crippen molar-refractivity contribution in [3.63, 3.8) is 0 Å². The van der Waals surface area contributed by atoms with E-state index in [2.05, 4.69) is 37.2 Å². The topological polar surface area (TPSA) is 12.0 Å². The maximum absolute atomic E-state index is 13.8. The molecule has 0 bridgehead atoms. The molecule has 18 heavy (non-hydrogen) atoms. The van der Waals surface area contributed by atoms with Crippen LogP contribution < -0.4 is 5.32 Å². The van der Waals surface area contributed by atoms with Crippen molar-refractivity contribution in [2.75, 3.05) is 7.05 Å². The molecule has 1 atom stereocenters. The Morgan fingerprint density at radius 2 is 1.89 bits per heavy atom. The van der Waals surface area contributed by atoms with E-state index in [1.165, 1.54) is 17.4 Å². The molecular formula is C12H9Br2F2NS. The molecule has 0 aliphatic carbocycles. The van der Waals surface area contributed by atoms with E-state index in [9.17, 15) is 8.78 Å². The van der Waals surface area contributed by atoms with Gasteiger partial charge in [-0.25, -0.2) is 8.78 Å². The van der Waals surface area contributed by atoms with Gasteiger partial charge in [-0.2, -0.15) is 0 Å². The third-order valence-corrected chi connectivity index (χ3v) is 4.94. The highest BCUT2D eigenvalue weighted by Crippen LogP contribution is 2.38. The first-order valence-electron chi connectivity index (χ1n) is 5.10. The Kier molecular flexibility index (Phi) is 4.53. The van der Waals surface area contributed by atoms with Crippen LogP contribution in [0.3, 0.4) is 0 Å². The summed E-state index contributed by atoms with van der Waals surface area (Å²) in [6, 6.07) is 4.97. The SMILES string of the molecule is CNC(c1cc(F)ccc1F)c1cc(Br)sc1Br. The summed E-state index contributed by atoms with van der Waals surface area (Å²) < 4.78 is 28.9. The molecule has 1 aromatic carbocycles. The van der Waals surface area contributed by atoms with Crippen molar-refractivity contribution in [3.05, 3.63) is 54.6 Å². The zero-order chi connectivity index (χ0) is 13.3. The molecule has 0 saturated carbocycles. The molecule has 0 radical (unpaired) electrons. The fourth-order valence-electron chi connectivity index (χ4n) is 1.76. The van der Waals surface area contributed by atoms with Crippen LogP contribution in [-0.4, -0.2) is 7.05 Å². The van der Waals surface area contributed by atoms with Gasteiger partial charge in [0.1, 0.15) is 11.6 Å². The summed E-state index contributed by atoms with van der Waals surface area (Å²) in [5.74, 6) is -0.873. The van der Waals surface area contributed by atoms with Gasteiger partial charge in [-0.1, -0.05) is 0 Å². The number of nitrogens with one attached hydrogen (secondary N) is 1. The third kappa shape index (κ3) is 2.82. The fraction of sp³-hybridized carbons (Fsp3) is 0.167. The van der Waals surface area contributed by atoms with Gasteiger partial charge in [0.2, 0.25) is 0 Å². The Balaban J connectivity index is 2.51. The van der Waals surface area contributed by atoms with Crippen molar-refractivity contribution in [2.45, 2.75) is 6.04 Å². The molecule has 2 aromatic rings. The van der Waals surface area contributed by atoms with Crippen LogP contribution in [0.25, 0.3) is 0 Å². The number of rotatable bonds is 3. The largest absolute Gasteiger partial charge is 0.309 e. The van der Waals surface area contributed by atoms with Gasteiger partial charge in [0.25, 0.3) is 0 Å². The molecule has 0 aliphatic heterocycles. The lowest BCUT2D eigenvalue weighted by molar-refractivity contribution is 0.558. The summed E-state index contributed by atoms with van der Waals surface area (Å²) in [5, 5.41) is 3.01. The van der Waals surface area contributed by atoms with Crippen molar-refractivity contribution in [3.8, 4) is 0 Å².